The van der Waals surface area contributed by atoms with E-state index in [2.05, 4.69) is 0 Å². The van der Waals surface area contributed by atoms with E-state index in [1.165, 1.54) is 0 Å². The zero-order valence-electron chi connectivity index (χ0n) is 1.91. The molecule has 1 nitrogen and oxygen atoms in total. The summed E-state index contributed by atoms with van der Waals surface area (Å²) in [6, 6.07) is 0. The van der Waals surface area contributed by atoms with Crippen molar-refractivity contribution in [3.05, 3.63) is 6.15 Å². The molecule has 0 fully saturated rings. The molecule has 0 atom stereocenters. The maximum absolute atomic E-state index is 0. The molecule has 0 aromatic carbocycles. The molecule has 0 spiro atoms. The average molecular weight is 252 g/mol. The van der Waals surface area contributed by atoms with Gasteiger partial charge in [0.25, 0.3) is 0 Å². The third kappa shape index (κ3) is 24.0. The fourth-order valence-corrected chi connectivity index (χ4v) is 0. The molecule has 0 bridgehead atoms. The van der Waals surface area contributed by atoms with Crippen molar-refractivity contribution in [2.75, 3.05) is 0 Å². The van der Waals surface area contributed by atoms with Crippen LogP contribution in [-0.2, 0) is 67.4 Å². The van der Waals surface area contributed by atoms with Crippen LogP contribution in [0.3, 0.4) is 0 Å². The SMILES string of the molecule is [Co].[Cu].[Mn].[NH2-].[Ni]. The third-order valence-electron chi connectivity index (χ3n) is 0. The van der Waals surface area contributed by atoms with Crippen LogP contribution in [0.25, 0.3) is 6.15 Å². The third-order valence-corrected chi connectivity index (χ3v) is 0. The predicted molar refractivity (Wildman–Crippen MR) is 5.28 cm³/mol. The van der Waals surface area contributed by atoms with Gasteiger partial charge in [0.2, 0.25) is 0 Å². The molecule has 0 aromatic heterocycles. The van der Waals surface area contributed by atoms with E-state index in [9.17, 15) is 0 Å². The van der Waals surface area contributed by atoms with Gasteiger partial charge in [-0.05, 0) is 0 Å². The first kappa shape index (κ1) is 63.0. The van der Waals surface area contributed by atoms with Crippen molar-refractivity contribution in [1.29, 1.82) is 0 Å². The Morgan fingerprint density at radius 1 is 1.00 bits per heavy atom. The van der Waals surface area contributed by atoms with Crippen molar-refractivity contribution in [2.24, 2.45) is 0 Å². The monoisotopic (exact) mass is 251 g/mol. The van der Waals surface area contributed by atoms with Gasteiger partial charge in [0.05, 0.1) is 0 Å². The Bertz CT molecular complexity index is 11.6. The van der Waals surface area contributed by atoms with E-state index in [1.807, 2.05) is 0 Å². The van der Waals surface area contributed by atoms with Crippen molar-refractivity contribution in [3.8, 4) is 0 Å². The van der Waals surface area contributed by atoms with Gasteiger partial charge < -0.3 is 6.15 Å². The van der Waals surface area contributed by atoms with E-state index < -0.39 is 0 Å². The summed E-state index contributed by atoms with van der Waals surface area (Å²) in [5.74, 6) is 0. The maximum Gasteiger partial charge on any atom is 0 e. The van der Waals surface area contributed by atoms with Gasteiger partial charge in [-0.1, -0.05) is 0 Å². The van der Waals surface area contributed by atoms with E-state index in [0.717, 1.165) is 0 Å². The number of hydrogen-bond donors (Lipinski definition) is 0. The van der Waals surface area contributed by atoms with Crippen molar-refractivity contribution in [1.82, 2.24) is 0 Å². The summed E-state index contributed by atoms with van der Waals surface area (Å²) in [5.41, 5.74) is 0. The molecule has 0 unspecified atom stereocenters. The molecule has 0 aromatic rings. The van der Waals surface area contributed by atoms with Crippen LogP contribution in [0, 0.1) is 0 Å². The van der Waals surface area contributed by atoms with Gasteiger partial charge in [-0.15, -0.1) is 0 Å². The quantitative estimate of drug-likeness (QED) is 0.569. The Balaban J connectivity index is 0. The Labute approximate surface area is 73.1 Å². The number of nitrogens with two attached hydrogens (primary N) is 1. The molecule has 5 heteroatoms. The van der Waals surface area contributed by atoms with E-state index in [0.29, 0.717) is 0 Å². The number of rotatable bonds is 0. The summed E-state index contributed by atoms with van der Waals surface area (Å²) in [6.45, 7) is 0. The van der Waals surface area contributed by atoms with Gasteiger partial charge in [0.15, 0.2) is 0 Å². The van der Waals surface area contributed by atoms with E-state index >= 15 is 0 Å². The molecule has 0 rings (SSSR count). The zero-order chi connectivity index (χ0) is 0. The summed E-state index contributed by atoms with van der Waals surface area (Å²) >= 11 is 0. The van der Waals surface area contributed by atoms with Crippen LogP contribution in [0.1, 0.15) is 0 Å². The normalized spacial score (nSPS) is 0. The minimum atomic E-state index is 0. The second-order valence-corrected chi connectivity index (χ2v) is 0. The van der Waals surface area contributed by atoms with Gasteiger partial charge in [-0.25, -0.2) is 0 Å². The van der Waals surface area contributed by atoms with Gasteiger partial charge in [-0.2, -0.15) is 0 Å². The van der Waals surface area contributed by atoms with Crippen molar-refractivity contribution >= 4 is 0 Å². The molecule has 0 saturated heterocycles. The second-order valence-electron chi connectivity index (χ2n) is 0. The Hall–Kier alpha value is 2.00. The fourth-order valence-electron chi connectivity index (χ4n) is 0. The minimum absolute atomic E-state index is 0. The summed E-state index contributed by atoms with van der Waals surface area (Å²) in [5, 5.41) is 0. The first-order valence-electron chi connectivity index (χ1n) is 0. The van der Waals surface area contributed by atoms with Crippen LogP contribution in [-0.4, -0.2) is 0 Å². The molecule has 0 aliphatic rings. The van der Waals surface area contributed by atoms with Gasteiger partial charge >= 0.3 is 0 Å². The summed E-state index contributed by atoms with van der Waals surface area (Å²) in [7, 11) is 0. The zero-order valence-corrected chi connectivity index (χ0v) is 6.06. The van der Waals surface area contributed by atoms with Crippen molar-refractivity contribution in [2.45, 2.75) is 0 Å². The number of hydrogen-bond acceptors (Lipinski definition) is 0. The topological polar surface area (TPSA) is 33.5 Å². The van der Waals surface area contributed by atoms with Crippen LogP contribution < -0.4 is 0 Å². The van der Waals surface area contributed by atoms with Crippen LogP contribution in [0.2, 0.25) is 0 Å². The molecule has 2 N–H and O–H groups in total. The van der Waals surface area contributed by atoms with Gasteiger partial charge in [0, 0.05) is 67.4 Å². The van der Waals surface area contributed by atoms with Gasteiger partial charge in [0.1, 0.15) is 0 Å². The Kier molecular flexibility index (Phi) is 473. The molecule has 0 aliphatic carbocycles. The molecular formula is H2CoCuMnNNi-. The van der Waals surface area contributed by atoms with E-state index in [1.54, 1.807) is 0 Å². The summed E-state index contributed by atoms with van der Waals surface area (Å²) < 4.78 is 0. The minimum Gasteiger partial charge on any atom is -0.693 e. The maximum atomic E-state index is 0. The predicted octanol–water partition coefficient (Wildman–Crippen LogP) is 0.707. The molecule has 45 valence electrons. The first-order chi connectivity index (χ1) is 0. The summed E-state index contributed by atoms with van der Waals surface area (Å²) in [6.07, 6.45) is 0. The Morgan fingerprint density at radius 3 is 1.00 bits per heavy atom. The van der Waals surface area contributed by atoms with E-state index in [-0.39, 0.29) is 73.6 Å². The molecule has 0 amide bonds. The van der Waals surface area contributed by atoms with Crippen LogP contribution in [0.15, 0.2) is 0 Å². The molecule has 0 aliphatic heterocycles. The molecular weight excluding hydrogens is 250 g/mol. The first-order valence-corrected chi connectivity index (χ1v) is 0. The largest absolute Gasteiger partial charge is 0.693 e. The molecule has 0 saturated carbocycles. The fraction of sp³-hybridized carbons (Fsp3) is 0. The van der Waals surface area contributed by atoms with Crippen LogP contribution >= 0.6 is 0 Å². The molecule has 5 heavy (non-hydrogen) atoms. The summed E-state index contributed by atoms with van der Waals surface area (Å²) in [4.78, 5) is 0. The van der Waals surface area contributed by atoms with Gasteiger partial charge in [-0.3, -0.25) is 0 Å². The average Bonchev–Trinajstić information content (AvgIpc) is 0. The molecule has 0 heterocycles. The van der Waals surface area contributed by atoms with E-state index in [4.69, 9.17) is 0 Å². The standard InChI is InChI=1S/Co.Cu.Mn.H2N.Ni/h;;;1H2;/q;;;-1;. The van der Waals surface area contributed by atoms with Crippen LogP contribution in [0.4, 0.5) is 0 Å². The van der Waals surface area contributed by atoms with Crippen molar-refractivity contribution < 1.29 is 67.4 Å². The van der Waals surface area contributed by atoms with Crippen LogP contribution in [0.5, 0.6) is 0 Å². The second kappa shape index (κ2) is 37.5. The molecule has 3 radical (unpaired) electrons. The van der Waals surface area contributed by atoms with Crippen molar-refractivity contribution in [3.63, 3.8) is 0 Å². The Morgan fingerprint density at radius 2 is 1.00 bits per heavy atom. The smallest absolute Gasteiger partial charge is 0 e.